The van der Waals surface area contributed by atoms with Gasteiger partial charge < -0.3 is 15.1 Å². The van der Waals surface area contributed by atoms with E-state index in [1.54, 1.807) is 11.0 Å². The van der Waals surface area contributed by atoms with Gasteiger partial charge in [0.2, 0.25) is 0 Å². The molecule has 4 rings (SSSR count). The maximum Gasteiger partial charge on any atom is 0.255 e. The van der Waals surface area contributed by atoms with Crippen LogP contribution >= 0.6 is 0 Å². The number of anilines is 2. The maximum absolute atomic E-state index is 13.6. The van der Waals surface area contributed by atoms with Crippen molar-refractivity contribution >= 4 is 23.2 Å². The molecule has 0 aromatic heterocycles. The summed E-state index contributed by atoms with van der Waals surface area (Å²) in [7, 11) is 3.79. The summed E-state index contributed by atoms with van der Waals surface area (Å²) in [6.07, 6.45) is 0. The summed E-state index contributed by atoms with van der Waals surface area (Å²) in [4.78, 5) is 29.8. The van der Waals surface area contributed by atoms with E-state index in [-0.39, 0.29) is 18.0 Å². The standard InChI is InChI=1S/C30H27F2N3O2/c1-34(2)28-16-15-27(33-29(36)23-9-6-10-26(32)17-23)18-24(28)20-35(19-21-7-4-3-5-8-21)30(37)22-11-13-25(31)14-12-22/h3-18H,19-20H2,1-2H3,(H,33,36). The van der Waals surface area contributed by atoms with Crippen LogP contribution in [0.15, 0.2) is 97.1 Å². The van der Waals surface area contributed by atoms with Crippen LogP contribution in [0.1, 0.15) is 31.8 Å². The van der Waals surface area contributed by atoms with Gasteiger partial charge in [0, 0.05) is 49.7 Å². The molecule has 4 aromatic carbocycles. The Labute approximate surface area is 215 Å². The number of benzene rings is 4. The van der Waals surface area contributed by atoms with E-state index < -0.39 is 17.5 Å². The zero-order valence-corrected chi connectivity index (χ0v) is 20.6. The molecular weight excluding hydrogens is 472 g/mol. The van der Waals surface area contributed by atoms with Crippen LogP contribution in [0.3, 0.4) is 0 Å². The molecule has 0 aliphatic heterocycles. The first-order chi connectivity index (χ1) is 17.8. The molecule has 0 atom stereocenters. The SMILES string of the molecule is CN(C)c1ccc(NC(=O)c2cccc(F)c2)cc1CN(Cc1ccccc1)C(=O)c1ccc(F)cc1. The van der Waals surface area contributed by atoms with E-state index in [1.807, 2.05) is 61.5 Å². The quantitative estimate of drug-likeness (QED) is 0.318. The number of carbonyl (C=O) groups excluding carboxylic acids is 2. The molecule has 0 spiro atoms. The highest BCUT2D eigenvalue weighted by Gasteiger charge is 2.20. The molecule has 188 valence electrons. The summed E-state index contributed by atoms with van der Waals surface area (Å²) in [5, 5.41) is 2.81. The first-order valence-corrected chi connectivity index (χ1v) is 11.8. The van der Waals surface area contributed by atoms with Crippen LogP contribution in [0.5, 0.6) is 0 Å². The first-order valence-electron chi connectivity index (χ1n) is 11.8. The zero-order chi connectivity index (χ0) is 26.4. The van der Waals surface area contributed by atoms with Gasteiger partial charge in [-0.15, -0.1) is 0 Å². The Balaban J connectivity index is 1.66. The second-order valence-electron chi connectivity index (χ2n) is 8.86. The third-order valence-corrected chi connectivity index (χ3v) is 5.86. The molecule has 37 heavy (non-hydrogen) atoms. The highest BCUT2D eigenvalue weighted by Crippen LogP contribution is 2.26. The molecule has 4 aromatic rings. The average Bonchev–Trinajstić information content (AvgIpc) is 2.89. The van der Waals surface area contributed by atoms with Crippen molar-refractivity contribution < 1.29 is 18.4 Å². The molecule has 0 saturated heterocycles. The summed E-state index contributed by atoms with van der Waals surface area (Å²) in [6, 6.07) is 26.0. The molecule has 0 aliphatic carbocycles. The number of halogens is 2. The van der Waals surface area contributed by atoms with Gasteiger partial charge >= 0.3 is 0 Å². The lowest BCUT2D eigenvalue weighted by molar-refractivity contribution is 0.0730. The van der Waals surface area contributed by atoms with E-state index >= 15 is 0 Å². The molecular formula is C30H27F2N3O2. The van der Waals surface area contributed by atoms with Crippen molar-refractivity contribution in [3.63, 3.8) is 0 Å². The Morgan fingerprint density at radius 3 is 2.14 bits per heavy atom. The van der Waals surface area contributed by atoms with Gasteiger partial charge in [-0.1, -0.05) is 36.4 Å². The predicted octanol–water partition coefficient (Wildman–Crippen LogP) is 6.13. The number of rotatable bonds is 8. The number of hydrogen-bond acceptors (Lipinski definition) is 3. The lowest BCUT2D eigenvalue weighted by Crippen LogP contribution is -2.31. The lowest BCUT2D eigenvalue weighted by Gasteiger charge is -2.26. The van der Waals surface area contributed by atoms with Crippen molar-refractivity contribution in [2.75, 3.05) is 24.3 Å². The molecule has 1 N–H and O–H groups in total. The van der Waals surface area contributed by atoms with Gasteiger partial charge in [-0.3, -0.25) is 9.59 Å². The Morgan fingerprint density at radius 1 is 0.730 bits per heavy atom. The highest BCUT2D eigenvalue weighted by molar-refractivity contribution is 6.04. The van der Waals surface area contributed by atoms with E-state index in [0.29, 0.717) is 17.8 Å². The molecule has 7 heteroatoms. The molecule has 5 nitrogen and oxygen atoms in total. The van der Waals surface area contributed by atoms with Crippen molar-refractivity contribution in [3.05, 3.63) is 131 Å². The number of nitrogens with zero attached hydrogens (tertiary/aromatic N) is 2. The summed E-state index contributed by atoms with van der Waals surface area (Å²) in [6.45, 7) is 0.575. The molecule has 0 saturated carbocycles. The molecule has 0 radical (unpaired) electrons. The first kappa shape index (κ1) is 25.6. The summed E-state index contributed by atoms with van der Waals surface area (Å²) in [5.74, 6) is -1.59. The van der Waals surface area contributed by atoms with E-state index in [1.165, 1.54) is 48.5 Å². The van der Waals surface area contributed by atoms with Gasteiger partial charge in [0.25, 0.3) is 11.8 Å². The minimum absolute atomic E-state index is 0.204. The minimum Gasteiger partial charge on any atom is -0.377 e. The third-order valence-electron chi connectivity index (χ3n) is 5.86. The van der Waals surface area contributed by atoms with Crippen LogP contribution in [0.4, 0.5) is 20.2 Å². The summed E-state index contributed by atoms with van der Waals surface area (Å²) in [5.41, 5.74) is 3.71. The van der Waals surface area contributed by atoms with Gasteiger partial charge in [0.15, 0.2) is 0 Å². The van der Waals surface area contributed by atoms with Gasteiger partial charge in [0.1, 0.15) is 11.6 Å². The van der Waals surface area contributed by atoms with Gasteiger partial charge in [-0.05, 0) is 71.8 Å². The fourth-order valence-electron chi connectivity index (χ4n) is 4.04. The number of carbonyl (C=O) groups is 2. The molecule has 0 heterocycles. The maximum atomic E-state index is 13.6. The largest absolute Gasteiger partial charge is 0.377 e. The normalized spacial score (nSPS) is 10.6. The van der Waals surface area contributed by atoms with Gasteiger partial charge in [-0.2, -0.15) is 0 Å². The lowest BCUT2D eigenvalue weighted by atomic mass is 10.1. The molecule has 0 fully saturated rings. The van der Waals surface area contributed by atoms with Crippen LogP contribution < -0.4 is 10.2 Å². The van der Waals surface area contributed by atoms with E-state index in [4.69, 9.17) is 0 Å². The van der Waals surface area contributed by atoms with Gasteiger partial charge in [0.05, 0.1) is 0 Å². The van der Waals surface area contributed by atoms with E-state index in [2.05, 4.69) is 5.32 Å². The monoisotopic (exact) mass is 499 g/mol. The molecule has 0 aliphatic rings. The minimum atomic E-state index is -0.493. The van der Waals surface area contributed by atoms with Gasteiger partial charge in [-0.25, -0.2) is 8.78 Å². The van der Waals surface area contributed by atoms with Crippen LogP contribution in [-0.4, -0.2) is 30.8 Å². The Bertz CT molecular complexity index is 1390. The van der Waals surface area contributed by atoms with Crippen LogP contribution in [-0.2, 0) is 13.1 Å². The topological polar surface area (TPSA) is 52.7 Å². The van der Waals surface area contributed by atoms with Crippen LogP contribution in [0.2, 0.25) is 0 Å². The number of hydrogen-bond donors (Lipinski definition) is 1. The Morgan fingerprint density at radius 2 is 1.46 bits per heavy atom. The van der Waals surface area contributed by atoms with Crippen molar-refractivity contribution in [1.29, 1.82) is 0 Å². The Hall–Kier alpha value is -4.52. The fraction of sp³-hybridized carbons (Fsp3) is 0.133. The summed E-state index contributed by atoms with van der Waals surface area (Å²) >= 11 is 0. The van der Waals surface area contributed by atoms with Crippen LogP contribution in [0, 0.1) is 11.6 Å². The number of nitrogens with one attached hydrogen (secondary N) is 1. The zero-order valence-electron chi connectivity index (χ0n) is 20.6. The van der Waals surface area contributed by atoms with Crippen LogP contribution in [0.25, 0.3) is 0 Å². The highest BCUT2D eigenvalue weighted by atomic mass is 19.1. The van der Waals surface area contributed by atoms with Crippen molar-refractivity contribution in [3.8, 4) is 0 Å². The average molecular weight is 500 g/mol. The predicted molar refractivity (Wildman–Crippen MR) is 142 cm³/mol. The third kappa shape index (κ3) is 6.58. The van der Waals surface area contributed by atoms with Crippen molar-refractivity contribution in [2.45, 2.75) is 13.1 Å². The molecule has 2 amide bonds. The second kappa shape index (κ2) is 11.5. The smallest absolute Gasteiger partial charge is 0.255 e. The van der Waals surface area contributed by atoms with E-state index in [0.717, 1.165) is 16.8 Å². The van der Waals surface area contributed by atoms with Crippen molar-refractivity contribution in [1.82, 2.24) is 4.90 Å². The summed E-state index contributed by atoms with van der Waals surface area (Å²) < 4.78 is 27.1. The molecule has 0 unspecified atom stereocenters. The number of amides is 2. The second-order valence-corrected chi connectivity index (χ2v) is 8.86. The molecule has 0 bridgehead atoms. The Kier molecular flexibility index (Phi) is 7.93. The van der Waals surface area contributed by atoms with E-state index in [9.17, 15) is 18.4 Å². The van der Waals surface area contributed by atoms with Crippen molar-refractivity contribution in [2.24, 2.45) is 0 Å². The fourth-order valence-corrected chi connectivity index (χ4v) is 4.04.